The zero-order chi connectivity index (χ0) is 9.26. The third-order valence-electron chi connectivity index (χ3n) is 1.99. The molecule has 0 bridgehead atoms. The summed E-state index contributed by atoms with van der Waals surface area (Å²) < 4.78 is 7.33. The van der Waals surface area contributed by atoms with E-state index in [4.69, 9.17) is 4.74 Å². The van der Waals surface area contributed by atoms with Crippen molar-refractivity contribution in [2.24, 2.45) is 0 Å². The molecule has 1 amide bonds. The Morgan fingerprint density at radius 3 is 2.69 bits per heavy atom. The highest BCUT2D eigenvalue weighted by molar-refractivity contribution is 8.18. The van der Waals surface area contributed by atoms with Crippen molar-refractivity contribution in [3.8, 4) is 0 Å². The van der Waals surface area contributed by atoms with Crippen molar-refractivity contribution in [2.45, 2.75) is 0 Å². The molecule has 0 spiro atoms. The molecule has 2 rings (SSSR count). The van der Waals surface area contributed by atoms with Gasteiger partial charge in [-0.2, -0.15) is 5.32 Å². The molecule has 0 aromatic carbocycles. The minimum atomic E-state index is -0.0773. The molecule has 2 heterocycles. The fraction of sp³-hybridized carbons (Fsp3) is 0.500. The second-order valence-corrected chi connectivity index (χ2v) is 3.97. The summed E-state index contributed by atoms with van der Waals surface area (Å²) in [5.74, 6) is -0.0773. The van der Waals surface area contributed by atoms with Gasteiger partial charge in [-0.25, -0.2) is 4.79 Å². The van der Waals surface area contributed by atoms with Gasteiger partial charge in [0.25, 0.3) is 0 Å². The number of ether oxygens (including phenoxy) is 1. The second-order valence-electron chi connectivity index (χ2n) is 2.88. The average molecular weight is 199 g/mol. The number of carbonyl (C=O) groups is 1. The summed E-state index contributed by atoms with van der Waals surface area (Å²) in [6.07, 6.45) is 0. The molecular weight excluding hydrogens is 188 g/mol. The zero-order valence-electron chi connectivity index (χ0n) is 7.21. The van der Waals surface area contributed by atoms with Crippen LogP contribution in [-0.4, -0.2) is 42.0 Å². The maximum absolute atomic E-state index is 11.1. The van der Waals surface area contributed by atoms with Crippen LogP contribution in [0.4, 0.5) is 0 Å². The van der Waals surface area contributed by atoms with Gasteiger partial charge in [-0.05, 0) is 0 Å². The predicted molar refractivity (Wildman–Crippen MR) is 50.7 cm³/mol. The van der Waals surface area contributed by atoms with Crippen molar-refractivity contribution < 1.29 is 14.1 Å². The van der Waals surface area contributed by atoms with Gasteiger partial charge in [0.05, 0.1) is 13.2 Å². The highest BCUT2D eigenvalue weighted by atomic mass is 32.2. The van der Waals surface area contributed by atoms with Crippen LogP contribution >= 0.6 is 11.8 Å². The van der Waals surface area contributed by atoms with E-state index in [1.165, 1.54) is 11.8 Å². The molecule has 2 saturated heterocycles. The summed E-state index contributed by atoms with van der Waals surface area (Å²) in [5, 5.41) is 3.69. The van der Waals surface area contributed by atoms with Gasteiger partial charge >= 0.3 is 11.1 Å². The van der Waals surface area contributed by atoms with E-state index in [0.717, 1.165) is 31.5 Å². The standard InChI is InChI=1S/C8H10N2O2S/c1-6-7(11)9-8(13-6)10-2-4-12-5-3-10/h1-5H2/p+1. The summed E-state index contributed by atoms with van der Waals surface area (Å²) in [5.41, 5.74) is 0. The molecule has 5 heteroatoms. The van der Waals surface area contributed by atoms with Gasteiger partial charge in [0.15, 0.2) is 0 Å². The van der Waals surface area contributed by atoms with E-state index in [0.29, 0.717) is 4.91 Å². The number of nitrogens with zero attached hydrogens (tertiary/aromatic N) is 1. The number of thioether (sulfide) groups is 1. The molecule has 0 atom stereocenters. The van der Waals surface area contributed by atoms with Crippen LogP contribution in [0.3, 0.4) is 0 Å². The third-order valence-corrected chi connectivity index (χ3v) is 2.98. The SMILES string of the molecule is C=C1SC(=[N+]2CCOCC2)NC1=O. The maximum atomic E-state index is 11.1. The zero-order valence-corrected chi connectivity index (χ0v) is 8.02. The summed E-state index contributed by atoms with van der Waals surface area (Å²) >= 11 is 1.41. The first-order valence-electron chi connectivity index (χ1n) is 4.15. The lowest BCUT2D eigenvalue weighted by molar-refractivity contribution is -0.548. The minimum absolute atomic E-state index is 0.0773. The molecule has 1 N–H and O–H groups in total. The Labute approximate surface area is 80.6 Å². The van der Waals surface area contributed by atoms with Crippen molar-refractivity contribution in [2.75, 3.05) is 26.3 Å². The summed E-state index contributed by atoms with van der Waals surface area (Å²) in [7, 11) is 0. The molecule has 2 aliphatic heterocycles. The number of carbonyl (C=O) groups excluding carboxylic acids is 1. The minimum Gasteiger partial charge on any atom is -0.373 e. The van der Waals surface area contributed by atoms with Crippen molar-refractivity contribution in [3.63, 3.8) is 0 Å². The highest BCUT2D eigenvalue weighted by Crippen LogP contribution is 2.20. The predicted octanol–water partition coefficient (Wildman–Crippen LogP) is -0.238. The van der Waals surface area contributed by atoms with Crippen molar-refractivity contribution in [1.82, 2.24) is 5.32 Å². The first kappa shape index (κ1) is 8.77. The summed E-state index contributed by atoms with van der Waals surface area (Å²) in [6.45, 7) is 6.80. The van der Waals surface area contributed by atoms with E-state index in [1.54, 1.807) is 0 Å². The van der Waals surface area contributed by atoms with Gasteiger partial charge in [0, 0.05) is 11.8 Å². The molecule has 2 fully saturated rings. The number of rotatable bonds is 0. The molecule has 0 aromatic heterocycles. The highest BCUT2D eigenvalue weighted by Gasteiger charge is 2.31. The molecule has 70 valence electrons. The van der Waals surface area contributed by atoms with Gasteiger partial charge in [-0.1, -0.05) is 6.58 Å². The van der Waals surface area contributed by atoms with Crippen LogP contribution in [0.1, 0.15) is 0 Å². The lowest BCUT2D eigenvalue weighted by Gasteiger charge is -2.14. The van der Waals surface area contributed by atoms with Gasteiger partial charge in [0.2, 0.25) is 0 Å². The molecule has 0 saturated carbocycles. The van der Waals surface area contributed by atoms with Crippen molar-refractivity contribution >= 4 is 22.8 Å². The molecule has 0 unspecified atom stereocenters. The summed E-state index contributed by atoms with van der Waals surface area (Å²) in [4.78, 5) is 11.7. The number of hydrogen-bond donors (Lipinski definition) is 1. The first-order valence-corrected chi connectivity index (χ1v) is 4.97. The first-order chi connectivity index (χ1) is 6.27. The van der Waals surface area contributed by atoms with Gasteiger partial charge in [-0.15, -0.1) is 0 Å². The molecule has 4 nitrogen and oxygen atoms in total. The van der Waals surface area contributed by atoms with Crippen LogP contribution < -0.4 is 5.32 Å². The van der Waals surface area contributed by atoms with E-state index < -0.39 is 0 Å². The number of hydrogen-bond acceptors (Lipinski definition) is 3. The molecule has 2 aliphatic rings. The topological polar surface area (TPSA) is 41.3 Å². The Bertz CT molecular complexity index is 273. The van der Waals surface area contributed by atoms with Crippen LogP contribution in [0.2, 0.25) is 0 Å². The van der Waals surface area contributed by atoms with E-state index in [2.05, 4.69) is 16.5 Å². The number of amidine groups is 1. The normalized spacial score (nSPS) is 23.7. The van der Waals surface area contributed by atoms with Crippen LogP contribution in [0.15, 0.2) is 11.5 Å². The van der Waals surface area contributed by atoms with E-state index in [-0.39, 0.29) is 5.91 Å². The van der Waals surface area contributed by atoms with Crippen LogP contribution in [-0.2, 0) is 9.53 Å². The third kappa shape index (κ3) is 1.76. The van der Waals surface area contributed by atoms with Gasteiger partial charge in [0.1, 0.15) is 18.0 Å². The second kappa shape index (κ2) is 3.51. The Morgan fingerprint density at radius 1 is 1.46 bits per heavy atom. The molecule has 0 radical (unpaired) electrons. The van der Waals surface area contributed by atoms with Crippen molar-refractivity contribution in [3.05, 3.63) is 11.5 Å². The van der Waals surface area contributed by atoms with Gasteiger partial charge in [-0.3, -0.25) is 4.58 Å². The van der Waals surface area contributed by atoms with E-state index in [1.807, 2.05) is 0 Å². The van der Waals surface area contributed by atoms with Crippen molar-refractivity contribution in [1.29, 1.82) is 0 Å². The fourth-order valence-corrected chi connectivity index (χ4v) is 2.10. The molecule has 0 aliphatic carbocycles. The molecule has 13 heavy (non-hydrogen) atoms. The average Bonchev–Trinajstić information content (AvgIpc) is 2.49. The number of morpholine rings is 1. The Morgan fingerprint density at radius 2 is 2.15 bits per heavy atom. The molecule has 0 aromatic rings. The smallest absolute Gasteiger partial charge is 0.345 e. The van der Waals surface area contributed by atoms with Gasteiger partial charge < -0.3 is 4.74 Å². The fourth-order valence-electron chi connectivity index (χ4n) is 1.27. The Hall–Kier alpha value is -0.810. The largest absolute Gasteiger partial charge is 0.373 e. The summed E-state index contributed by atoms with van der Waals surface area (Å²) in [6, 6.07) is 0. The lowest BCUT2D eigenvalue weighted by atomic mass is 10.5. The lowest BCUT2D eigenvalue weighted by Crippen LogP contribution is -2.37. The Kier molecular flexibility index (Phi) is 2.37. The van der Waals surface area contributed by atoms with Crippen LogP contribution in [0, 0.1) is 0 Å². The number of amides is 1. The molecular formula is C8H11N2O2S+. The number of nitrogens with one attached hydrogen (secondary N) is 1. The monoisotopic (exact) mass is 199 g/mol. The Balaban J connectivity index is 2.15. The maximum Gasteiger partial charge on any atom is 0.345 e. The van der Waals surface area contributed by atoms with E-state index in [9.17, 15) is 4.79 Å². The van der Waals surface area contributed by atoms with Crippen LogP contribution in [0.5, 0.6) is 0 Å². The quantitative estimate of drug-likeness (QED) is 0.432. The van der Waals surface area contributed by atoms with E-state index >= 15 is 0 Å². The van der Waals surface area contributed by atoms with Crippen LogP contribution in [0.25, 0.3) is 0 Å².